The second-order valence-corrected chi connectivity index (χ2v) is 9.01. The van der Waals surface area contributed by atoms with E-state index < -0.39 is 0 Å². The van der Waals surface area contributed by atoms with Crippen molar-refractivity contribution in [2.75, 3.05) is 18.0 Å². The van der Waals surface area contributed by atoms with Crippen LogP contribution in [0.25, 0.3) is 6.08 Å². The minimum absolute atomic E-state index is 0.0421. The molecule has 2 aliphatic rings. The van der Waals surface area contributed by atoms with E-state index in [-0.39, 0.29) is 17.9 Å². The monoisotopic (exact) mass is 449 g/mol. The first kappa shape index (κ1) is 22.1. The van der Waals surface area contributed by atoms with Gasteiger partial charge in [-0.25, -0.2) is 5.01 Å². The van der Waals surface area contributed by atoms with Gasteiger partial charge in [0.05, 0.1) is 18.3 Å². The Hall–Kier alpha value is -3.66. The highest BCUT2D eigenvalue weighted by Gasteiger charge is 2.43. The summed E-state index contributed by atoms with van der Waals surface area (Å²) in [7, 11) is 0. The van der Waals surface area contributed by atoms with Crippen molar-refractivity contribution in [3.05, 3.63) is 108 Å². The van der Waals surface area contributed by atoms with Gasteiger partial charge in [-0.2, -0.15) is 5.10 Å². The lowest BCUT2D eigenvalue weighted by Gasteiger charge is -2.31. The Labute approximate surface area is 202 Å². The van der Waals surface area contributed by atoms with Gasteiger partial charge in [0.25, 0.3) is 5.91 Å². The number of nitrogens with zero attached hydrogens (tertiary/aromatic N) is 3. The number of allylic oxidation sites excluding steroid dienone is 1. The molecule has 1 aliphatic heterocycles. The van der Waals surface area contributed by atoms with Crippen molar-refractivity contribution in [3.63, 3.8) is 0 Å². The van der Waals surface area contributed by atoms with Crippen LogP contribution < -0.4 is 4.90 Å². The number of hydrazone groups is 1. The zero-order valence-electron chi connectivity index (χ0n) is 19.7. The average Bonchev–Trinajstić information content (AvgIpc) is 3.30. The molecular formula is C30H31N3O. The molecule has 0 aromatic heterocycles. The topological polar surface area (TPSA) is 35.9 Å². The second kappa shape index (κ2) is 10.1. The van der Waals surface area contributed by atoms with Gasteiger partial charge in [0.2, 0.25) is 0 Å². The van der Waals surface area contributed by atoms with Crippen LogP contribution >= 0.6 is 0 Å². The summed E-state index contributed by atoms with van der Waals surface area (Å²) in [5, 5.41) is 6.81. The molecule has 3 aromatic rings. The summed E-state index contributed by atoms with van der Waals surface area (Å²) in [6, 6.07) is 30.9. The van der Waals surface area contributed by atoms with Crippen molar-refractivity contribution >= 4 is 23.4 Å². The molecule has 0 saturated heterocycles. The Kier molecular flexibility index (Phi) is 6.57. The Balaban J connectivity index is 1.49. The molecule has 1 saturated carbocycles. The molecule has 4 nitrogen and oxygen atoms in total. The first-order valence-corrected chi connectivity index (χ1v) is 12.3. The summed E-state index contributed by atoms with van der Waals surface area (Å²) < 4.78 is 0. The van der Waals surface area contributed by atoms with E-state index in [2.05, 4.69) is 78.6 Å². The van der Waals surface area contributed by atoms with E-state index in [1.807, 2.05) is 30.3 Å². The highest BCUT2D eigenvalue weighted by Crippen LogP contribution is 2.44. The quantitative estimate of drug-likeness (QED) is 0.440. The van der Waals surface area contributed by atoms with Crippen molar-refractivity contribution in [2.45, 2.75) is 32.2 Å². The molecule has 1 fully saturated rings. The number of fused-ring (bicyclic) bond motifs is 1. The van der Waals surface area contributed by atoms with E-state index in [4.69, 9.17) is 5.10 Å². The summed E-state index contributed by atoms with van der Waals surface area (Å²) in [5.74, 6) is 0.266. The molecule has 0 spiro atoms. The predicted octanol–water partition coefficient (Wildman–Crippen LogP) is 6.34. The van der Waals surface area contributed by atoms with E-state index in [0.29, 0.717) is 6.54 Å². The second-order valence-electron chi connectivity index (χ2n) is 9.01. The molecule has 34 heavy (non-hydrogen) atoms. The Morgan fingerprint density at radius 3 is 2.29 bits per heavy atom. The number of likely N-dealkylation sites (N-methyl/N-ethyl adjacent to an activating group) is 1. The zero-order valence-corrected chi connectivity index (χ0v) is 19.7. The molecule has 2 atom stereocenters. The molecule has 0 radical (unpaired) electrons. The van der Waals surface area contributed by atoms with Crippen LogP contribution in [0.1, 0.15) is 43.4 Å². The highest BCUT2D eigenvalue weighted by atomic mass is 16.2. The van der Waals surface area contributed by atoms with E-state index in [1.54, 1.807) is 5.01 Å². The van der Waals surface area contributed by atoms with Crippen LogP contribution in [-0.4, -0.2) is 29.7 Å². The van der Waals surface area contributed by atoms with E-state index in [0.717, 1.165) is 42.8 Å². The fourth-order valence-corrected chi connectivity index (χ4v) is 5.20. The van der Waals surface area contributed by atoms with Gasteiger partial charge in [0.1, 0.15) is 0 Å². The van der Waals surface area contributed by atoms with Crippen LogP contribution in [0, 0.1) is 5.92 Å². The molecule has 172 valence electrons. The standard InChI is InChI=1S/C30H31N3O/c1-2-32(26-18-10-5-11-19-26)22-28(34)33-30(24-15-8-4-9-16-24)27-20-12-17-25(29(27)31-33)21-23-13-6-3-7-14-23/h3-11,13-16,18-19,21,27,30H,2,12,17,20,22H2,1H3/b25-21-/t27-,30+/m0/s1. The molecule has 0 bridgehead atoms. The SMILES string of the molecule is CCN(CC(=O)N1N=C2/C(=C\c3ccccc3)CCC[C@@H]2[C@H]1c1ccccc1)c1ccccc1. The molecule has 1 amide bonds. The molecule has 3 aromatic carbocycles. The largest absolute Gasteiger partial charge is 0.362 e. The van der Waals surface area contributed by atoms with Crippen LogP contribution in [0.5, 0.6) is 0 Å². The average molecular weight is 450 g/mol. The van der Waals surface area contributed by atoms with Crippen molar-refractivity contribution in [1.29, 1.82) is 0 Å². The van der Waals surface area contributed by atoms with Crippen LogP contribution in [0.3, 0.4) is 0 Å². The molecule has 1 heterocycles. The number of rotatable bonds is 6. The maximum absolute atomic E-state index is 13.7. The smallest absolute Gasteiger partial charge is 0.262 e. The number of hydrogen-bond acceptors (Lipinski definition) is 3. The Morgan fingerprint density at radius 2 is 1.62 bits per heavy atom. The summed E-state index contributed by atoms with van der Waals surface area (Å²) in [5.41, 5.74) is 5.74. The van der Waals surface area contributed by atoms with E-state index in [9.17, 15) is 4.79 Å². The number of benzene rings is 3. The first-order valence-electron chi connectivity index (χ1n) is 12.3. The fourth-order valence-electron chi connectivity index (χ4n) is 5.20. The van der Waals surface area contributed by atoms with Gasteiger partial charge < -0.3 is 4.90 Å². The lowest BCUT2D eigenvalue weighted by molar-refractivity contribution is -0.132. The first-order chi connectivity index (χ1) is 16.7. The lowest BCUT2D eigenvalue weighted by atomic mass is 9.77. The molecule has 0 N–H and O–H groups in total. The summed E-state index contributed by atoms with van der Waals surface area (Å²) in [4.78, 5) is 15.9. The Morgan fingerprint density at radius 1 is 0.971 bits per heavy atom. The van der Waals surface area contributed by atoms with Crippen molar-refractivity contribution in [1.82, 2.24) is 5.01 Å². The summed E-state index contributed by atoms with van der Waals surface area (Å²) in [6.45, 7) is 3.16. The molecule has 5 rings (SSSR count). The maximum Gasteiger partial charge on any atom is 0.262 e. The van der Waals surface area contributed by atoms with Crippen molar-refractivity contribution in [2.24, 2.45) is 11.0 Å². The molecule has 0 unspecified atom stereocenters. The third kappa shape index (κ3) is 4.54. The van der Waals surface area contributed by atoms with Gasteiger partial charge in [0, 0.05) is 18.2 Å². The molecule has 1 aliphatic carbocycles. The molecular weight excluding hydrogens is 418 g/mol. The lowest BCUT2D eigenvalue weighted by Crippen LogP contribution is -2.39. The van der Waals surface area contributed by atoms with Crippen LogP contribution in [0.4, 0.5) is 5.69 Å². The normalized spacial score (nSPS) is 20.7. The summed E-state index contributed by atoms with van der Waals surface area (Å²) >= 11 is 0. The highest BCUT2D eigenvalue weighted by molar-refractivity contribution is 6.08. The van der Waals surface area contributed by atoms with E-state index in [1.165, 1.54) is 11.1 Å². The Bertz CT molecular complexity index is 1170. The van der Waals surface area contributed by atoms with Gasteiger partial charge >= 0.3 is 0 Å². The zero-order chi connectivity index (χ0) is 23.3. The van der Waals surface area contributed by atoms with Crippen molar-refractivity contribution in [3.8, 4) is 0 Å². The van der Waals surface area contributed by atoms with Gasteiger partial charge in [-0.05, 0) is 61.1 Å². The number of carbonyl (C=O) groups is 1. The number of amides is 1. The van der Waals surface area contributed by atoms with Gasteiger partial charge in [-0.1, -0.05) is 78.9 Å². The predicted molar refractivity (Wildman–Crippen MR) is 140 cm³/mol. The van der Waals surface area contributed by atoms with E-state index >= 15 is 0 Å². The third-order valence-corrected chi connectivity index (χ3v) is 6.87. The fraction of sp³-hybridized carbons (Fsp3) is 0.267. The minimum atomic E-state index is -0.0577. The summed E-state index contributed by atoms with van der Waals surface area (Å²) in [6.07, 6.45) is 5.41. The third-order valence-electron chi connectivity index (χ3n) is 6.87. The number of carbonyl (C=O) groups excluding carboxylic acids is 1. The van der Waals surface area contributed by atoms with Gasteiger partial charge in [0.15, 0.2) is 0 Å². The maximum atomic E-state index is 13.7. The van der Waals surface area contributed by atoms with Crippen molar-refractivity contribution < 1.29 is 4.79 Å². The number of hydrogen-bond donors (Lipinski definition) is 0. The van der Waals surface area contributed by atoms with Crippen LogP contribution in [-0.2, 0) is 4.79 Å². The van der Waals surface area contributed by atoms with Crippen LogP contribution in [0.2, 0.25) is 0 Å². The van der Waals surface area contributed by atoms with Gasteiger partial charge in [-0.15, -0.1) is 0 Å². The molecule has 4 heteroatoms. The van der Waals surface area contributed by atoms with Crippen LogP contribution in [0.15, 0.2) is 102 Å². The number of anilines is 1. The number of para-hydroxylation sites is 1. The minimum Gasteiger partial charge on any atom is -0.362 e. The van der Waals surface area contributed by atoms with Gasteiger partial charge in [-0.3, -0.25) is 4.79 Å².